The SMILES string of the molecule is Cc1ccc(NC(=O)c2cc(C(C)(C)C)nn2C)cc1Nc1ncccc1-c1cc(NCCN2CCOCC2)ncn1. The zero-order valence-electron chi connectivity index (χ0n) is 24.9. The molecule has 0 bridgehead atoms. The number of benzene rings is 1. The molecule has 220 valence electrons. The number of morpholine rings is 1. The van der Waals surface area contributed by atoms with Crippen LogP contribution in [0.4, 0.5) is 23.0 Å². The molecule has 5 rings (SSSR count). The summed E-state index contributed by atoms with van der Waals surface area (Å²) in [4.78, 5) is 29.1. The number of ether oxygens (including phenoxy) is 1. The van der Waals surface area contributed by atoms with E-state index in [4.69, 9.17) is 4.74 Å². The molecule has 11 nitrogen and oxygen atoms in total. The first kappa shape index (κ1) is 29.2. The Morgan fingerprint density at radius 2 is 1.86 bits per heavy atom. The smallest absolute Gasteiger partial charge is 0.273 e. The molecule has 1 fully saturated rings. The van der Waals surface area contributed by atoms with E-state index in [-0.39, 0.29) is 11.3 Å². The molecule has 1 aliphatic rings. The molecule has 0 aliphatic carbocycles. The van der Waals surface area contributed by atoms with Gasteiger partial charge in [0.2, 0.25) is 0 Å². The van der Waals surface area contributed by atoms with Crippen LogP contribution < -0.4 is 16.0 Å². The van der Waals surface area contributed by atoms with Gasteiger partial charge in [-0.25, -0.2) is 15.0 Å². The zero-order valence-corrected chi connectivity index (χ0v) is 24.9. The van der Waals surface area contributed by atoms with Crippen molar-refractivity contribution in [2.75, 3.05) is 55.3 Å². The van der Waals surface area contributed by atoms with Gasteiger partial charge in [0, 0.05) is 67.8 Å². The molecule has 1 aromatic carbocycles. The van der Waals surface area contributed by atoms with Gasteiger partial charge in [0.15, 0.2) is 0 Å². The number of amides is 1. The largest absolute Gasteiger partial charge is 0.379 e. The predicted octanol–water partition coefficient (Wildman–Crippen LogP) is 4.62. The van der Waals surface area contributed by atoms with Crippen molar-refractivity contribution in [3.63, 3.8) is 0 Å². The second-order valence-electron chi connectivity index (χ2n) is 11.5. The average Bonchev–Trinajstić information content (AvgIpc) is 3.38. The molecule has 3 N–H and O–H groups in total. The third-order valence-electron chi connectivity index (χ3n) is 7.22. The number of aromatic nitrogens is 5. The summed E-state index contributed by atoms with van der Waals surface area (Å²) in [5.41, 5.74) is 5.31. The highest BCUT2D eigenvalue weighted by atomic mass is 16.5. The van der Waals surface area contributed by atoms with Crippen LogP contribution in [-0.2, 0) is 17.2 Å². The van der Waals surface area contributed by atoms with Gasteiger partial charge in [-0.05, 0) is 42.8 Å². The Labute approximate surface area is 246 Å². The predicted molar refractivity (Wildman–Crippen MR) is 165 cm³/mol. The number of nitrogens with zero attached hydrogens (tertiary/aromatic N) is 6. The molecule has 1 aliphatic heterocycles. The first-order valence-corrected chi connectivity index (χ1v) is 14.2. The van der Waals surface area contributed by atoms with Crippen molar-refractivity contribution in [3.8, 4) is 11.3 Å². The van der Waals surface area contributed by atoms with Crippen LogP contribution >= 0.6 is 0 Å². The molecule has 0 radical (unpaired) electrons. The molecule has 4 heterocycles. The lowest BCUT2D eigenvalue weighted by molar-refractivity contribution is 0.0398. The molecule has 4 aromatic rings. The lowest BCUT2D eigenvalue weighted by Crippen LogP contribution is -2.39. The Hall–Kier alpha value is -4.35. The fourth-order valence-electron chi connectivity index (χ4n) is 4.68. The van der Waals surface area contributed by atoms with Crippen molar-refractivity contribution in [2.24, 2.45) is 7.05 Å². The van der Waals surface area contributed by atoms with Crippen molar-refractivity contribution < 1.29 is 9.53 Å². The van der Waals surface area contributed by atoms with E-state index in [2.05, 4.69) is 61.7 Å². The maximum Gasteiger partial charge on any atom is 0.273 e. The van der Waals surface area contributed by atoms with E-state index in [9.17, 15) is 4.79 Å². The molecular formula is C31H39N9O2. The third-order valence-corrected chi connectivity index (χ3v) is 7.22. The Morgan fingerprint density at radius 1 is 1.05 bits per heavy atom. The number of aryl methyl sites for hydroxylation is 2. The Kier molecular flexibility index (Phi) is 8.79. The highest BCUT2D eigenvalue weighted by Crippen LogP contribution is 2.30. The van der Waals surface area contributed by atoms with E-state index in [0.717, 1.165) is 73.4 Å². The van der Waals surface area contributed by atoms with E-state index in [1.165, 1.54) is 0 Å². The average molecular weight is 570 g/mol. The summed E-state index contributed by atoms with van der Waals surface area (Å²) in [5.74, 6) is 1.20. The molecular weight excluding hydrogens is 530 g/mol. The number of hydrogen-bond donors (Lipinski definition) is 3. The molecule has 1 amide bonds. The molecule has 1 saturated heterocycles. The summed E-state index contributed by atoms with van der Waals surface area (Å²) < 4.78 is 7.05. The van der Waals surface area contributed by atoms with Crippen molar-refractivity contribution in [2.45, 2.75) is 33.1 Å². The molecule has 3 aromatic heterocycles. The number of pyridine rings is 1. The number of anilines is 4. The first-order valence-electron chi connectivity index (χ1n) is 14.2. The number of hydrogen-bond acceptors (Lipinski definition) is 9. The summed E-state index contributed by atoms with van der Waals surface area (Å²) in [6, 6.07) is 13.4. The van der Waals surface area contributed by atoms with E-state index in [1.807, 2.05) is 49.4 Å². The third kappa shape index (κ3) is 7.10. The van der Waals surface area contributed by atoms with Gasteiger partial charge in [0.1, 0.15) is 23.7 Å². The molecule has 0 unspecified atom stereocenters. The van der Waals surface area contributed by atoms with Gasteiger partial charge in [-0.15, -0.1) is 0 Å². The zero-order chi connectivity index (χ0) is 29.7. The van der Waals surface area contributed by atoms with E-state index >= 15 is 0 Å². The van der Waals surface area contributed by atoms with Crippen LogP contribution in [0.3, 0.4) is 0 Å². The highest BCUT2D eigenvalue weighted by Gasteiger charge is 2.22. The summed E-state index contributed by atoms with van der Waals surface area (Å²) in [5, 5.41) is 14.4. The van der Waals surface area contributed by atoms with Crippen LogP contribution in [0.5, 0.6) is 0 Å². The molecule has 42 heavy (non-hydrogen) atoms. The van der Waals surface area contributed by atoms with Gasteiger partial charge < -0.3 is 20.7 Å². The van der Waals surface area contributed by atoms with E-state index in [0.29, 0.717) is 17.2 Å². The fraction of sp³-hybridized carbons (Fsp3) is 0.387. The summed E-state index contributed by atoms with van der Waals surface area (Å²) in [7, 11) is 1.78. The summed E-state index contributed by atoms with van der Waals surface area (Å²) >= 11 is 0. The second-order valence-corrected chi connectivity index (χ2v) is 11.5. The van der Waals surface area contributed by atoms with Gasteiger partial charge in [-0.1, -0.05) is 26.8 Å². The topological polar surface area (TPSA) is 122 Å². The molecule has 0 atom stereocenters. The minimum atomic E-state index is -0.219. The van der Waals surface area contributed by atoms with Gasteiger partial charge >= 0.3 is 0 Å². The Balaban J connectivity index is 1.30. The minimum absolute atomic E-state index is 0.152. The maximum atomic E-state index is 13.1. The van der Waals surface area contributed by atoms with Crippen LogP contribution in [-0.4, -0.2) is 74.9 Å². The first-order chi connectivity index (χ1) is 20.2. The maximum absolute atomic E-state index is 13.1. The van der Waals surface area contributed by atoms with E-state index < -0.39 is 0 Å². The lowest BCUT2D eigenvalue weighted by Gasteiger charge is -2.26. The van der Waals surface area contributed by atoms with Crippen LogP contribution in [0.15, 0.2) is 55.0 Å². The van der Waals surface area contributed by atoms with Crippen LogP contribution in [0.25, 0.3) is 11.3 Å². The number of rotatable bonds is 9. The molecule has 0 spiro atoms. The van der Waals surface area contributed by atoms with Gasteiger partial charge in [-0.2, -0.15) is 5.10 Å². The van der Waals surface area contributed by atoms with Crippen molar-refractivity contribution in [3.05, 3.63) is 71.9 Å². The molecule has 0 saturated carbocycles. The second kappa shape index (κ2) is 12.7. The Bertz CT molecular complexity index is 1540. The van der Waals surface area contributed by atoms with Crippen LogP contribution in [0.1, 0.15) is 42.5 Å². The lowest BCUT2D eigenvalue weighted by atomic mass is 9.92. The fourth-order valence-corrected chi connectivity index (χ4v) is 4.68. The number of carbonyl (C=O) groups excluding carboxylic acids is 1. The monoisotopic (exact) mass is 569 g/mol. The Morgan fingerprint density at radius 3 is 2.62 bits per heavy atom. The van der Waals surface area contributed by atoms with E-state index in [1.54, 1.807) is 24.3 Å². The quantitative estimate of drug-likeness (QED) is 0.265. The normalized spacial score (nSPS) is 14.0. The summed E-state index contributed by atoms with van der Waals surface area (Å²) in [6.45, 7) is 13.4. The van der Waals surface area contributed by atoms with Crippen molar-refractivity contribution in [1.82, 2.24) is 29.6 Å². The van der Waals surface area contributed by atoms with Crippen LogP contribution in [0, 0.1) is 6.92 Å². The highest BCUT2D eigenvalue weighted by molar-refractivity contribution is 6.03. The number of carbonyl (C=O) groups is 1. The van der Waals surface area contributed by atoms with Crippen LogP contribution in [0.2, 0.25) is 0 Å². The minimum Gasteiger partial charge on any atom is -0.379 e. The standard InChI is InChI=1S/C31H39N9O2/c1-21-8-9-22(36-30(41)26-19-27(31(2,3)4)38-39(26)5)17-24(21)37-29-23(7-6-10-33-29)25-18-28(35-20-34-25)32-11-12-40-13-15-42-16-14-40/h6-10,17-20H,11-16H2,1-5H3,(H,33,37)(H,36,41)(H,32,34,35). The molecule has 11 heteroatoms. The van der Waals surface area contributed by atoms with Crippen molar-refractivity contribution in [1.29, 1.82) is 0 Å². The summed E-state index contributed by atoms with van der Waals surface area (Å²) in [6.07, 6.45) is 3.30. The van der Waals surface area contributed by atoms with Crippen molar-refractivity contribution >= 4 is 28.9 Å². The van der Waals surface area contributed by atoms with Gasteiger partial charge in [-0.3, -0.25) is 14.4 Å². The van der Waals surface area contributed by atoms with Gasteiger partial charge in [0.05, 0.1) is 24.6 Å². The van der Waals surface area contributed by atoms with Gasteiger partial charge in [0.25, 0.3) is 5.91 Å². The number of nitrogens with one attached hydrogen (secondary N) is 3.